The maximum absolute atomic E-state index is 12.7. The fourth-order valence-corrected chi connectivity index (χ4v) is 2.80. The number of aryl methyl sites for hydroxylation is 1. The van der Waals surface area contributed by atoms with E-state index in [9.17, 15) is 4.79 Å². The van der Waals surface area contributed by atoms with E-state index in [1.165, 1.54) is 0 Å². The van der Waals surface area contributed by atoms with Gasteiger partial charge in [0.05, 0.1) is 12.8 Å². The highest BCUT2D eigenvalue weighted by atomic mass is 16.5. The summed E-state index contributed by atoms with van der Waals surface area (Å²) in [6.45, 7) is 5.78. The van der Waals surface area contributed by atoms with Crippen molar-refractivity contribution in [2.45, 2.75) is 26.5 Å². The lowest BCUT2D eigenvalue weighted by molar-refractivity contribution is 0.0815. The molecular formula is C20H21NO3. The maximum atomic E-state index is 12.7. The Kier molecular flexibility index (Phi) is 4.06. The van der Waals surface area contributed by atoms with Crippen molar-refractivity contribution in [1.29, 1.82) is 0 Å². The molecule has 0 saturated heterocycles. The number of hydrogen-bond donors (Lipinski definition) is 1. The smallest absolute Gasteiger partial charge is 0.188 e. The zero-order valence-corrected chi connectivity index (χ0v) is 14.3. The Bertz CT molecular complexity index is 821. The Balaban J connectivity index is 2.07. The standard InChI is InChI=1S/C20H21NO3/c1-13-7-5-6-8-15(13)18(22)12-17-16-11-14(23-4)9-10-19(16)24-20(2,3)21-17/h5-12,21H,1-4H3/b17-12-. The number of methoxy groups -OCH3 is 1. The van der Waals surface area contributed by atoms with Crippen LogP contribution < -0.4 is 14.8 Å². The number of nitrogens with one attached hydrogen (secondary N) is 1. The van der Waals surface area contributed by atoms with E-state index in [1.807, 2.05) is 63.2 Å². The monoisotopic (exact) mass is 323 g/mol. The van der Waals surface area contributed by atoms with Gasteiger partial charge < -0.3 is 14.8 Å². The van der Waals surface area contributed by atoms with Gasteiger partial charge in [-0.15, -0.1) is 0 Å². The summed E-state index contributed by atoms with van der Waals surface area (Å²) in [6.07, 6.45) is 1.63. The first-order valence-corrected chi connectivity index (χ1v) is 7.87. The van der Waals surface area contributed by atoms with Crippen molar-refractivity contribution in [2.24, 2.45) is 0 Å². The largest absolute Gasteiger partial charge is 0.497 e. The van der Waals surface area contributed by atoms with Gasteiger partial charge in [-0.25, -0.2) is 0 Å². The van der Waals surface area contributed by atoms with Crippen LogP contribution in [0.1, 0.15) is 35.3 Å². The molecule has 1 aliphatic rings. The number of hydrogen-bond acceptors (Lipinski definition) is 4. The van der Waals surface area contributed by atoms with Gasteiger partial charge in [0.25, 0.3) is 0 Å². The summed E-state index contributed by atoms with van der Waals surface area (Å²) in [5.41, 5.74) is 2.60. The molecule has 0 aliphatic carbocycles. The van der Waals surface area contributed by atoms with E-state index in [1.54, 1.807) is 13.2 Å². The molecule has 0 spiro atoms. The van der Waals surface area contributed by atoms with E-state index in [4.69, 9.17) is 9.47 Å². The predicted octanol–water partition coefficient (Wildman–Crippen LogP) is 3.95. The molecule has 24 heavy (non-hydrogen) atoms. The molecule has 2 aromatic rings. The van der Waals surface area contributed by atoms with E-state index < -0.39 is 5.72 Å². The zero-order valence-electron chi connectivity index (χ0n) is 14.3. The third-order valence-corrected chi connectivity index (χ3v) is 3.96. The first-order valence-electron chi connectivity index (χ1n) is 7.87. The van der Waals surface area contributed by atoms with E-state index in [0.29, 0.717) is 11.3 Å². The SMILES string of the molecule is COc1ccc2c(c1)/C(=C/C(=O)c1ccccc1C)NC(C)(C)O2. The average Bonchev–Trinajstić information content (AvgIpc) is 2.54. The number of carbonyl (C=O) groups is 1. The van der Waals surface area contributed by atoms with Gasteiger partial charge in [-0.1, -0.05) is 24.3 Å². The van der Waals surface area contributed by atoms with Gasteiger partial charge in [-0.05, 0) is 44.5 Å². The summed E-state index contributed by atoms with van der Waals surface area (Å²) in [6, 6.07) is 13.2. The van der Waals surface area contributed by atoms with Gasteiger partial charge in [-0.3, -0.25) is 4.79 Å². The molecule has 124 valence electrons. The van der Waals surface area contributed by atoms with E-state index in [2.05, 4.69) is 5.32 Å². The van der Waals surface area contributed by atoms with Crippen LogP contribution in [-0.4, -0.2) is 18.6 Å². The van der Waals surface area contributed by atoms with Crippen LogP contribution in [0.4, 0.5) is 0 Å². The van der Waals surface area contributed by atoms with Crippen molar-refractivity contribution < 1.29 is 14.3 Å². The van der Waals surface area contributed by atoms with Gasteiger partial charge in [0, 0.05) is 17.2 Å². The quantitative estimate of drug-likeness (QED) is 0.686. The van der Waals surface area contributed by atoms with Gasteiger partial charge >= 0.3 is 0 Å². The minimum absolute atomic E-state index is 0.0398. The number of carbonyl (C=O) groups excluding carboxylic acids is 1. The number of ether oxygens (including phenoxy) is 2. The molecule has 0 unspecified atom stereocenters. The summed E-state index contributed by atoms with van der Waals surface area (Å²) in [5.74, 6) is 1.40. The minimum Gasteiger partial charge on any atom is -0.497 e. The van der Waals surface area contributed by atoms with Crippen molar-refractivity contribution in [1.82, 2.24) is 5.32 Å². The van der Waals surface area contributed by atoms with Crippen LogP contribution >= 0.6 is 0 Å². The van der Waals surface area contributed by atoms with Gasteiger partial charge in [0.1, 0.15) is 11.5 Å². The number of rotatable bonds is 3. The van der Waals surface area contributed by atoms with E-state index in [-0.39, 0.29) is 5.78 Å². The molecule has 1 N–H and O–H groups in total. The second-order valence-corrected chi connectivity index (χ2v) is 6.34. The third-order valence-electron chi connectivity index (χ3n) is 3.96. The molecular weight excluding hydrogens is 302 g/mol. The highest BCUT2D eigenvalue weighted by Gasteiger charge is 2.29. The Morgan fingerprint density at radius 2 is 1.96 bits per heavy atom. The molecule has 0 bridgehead atoms. The highest BCUT2D eigenvalue weighted by Crippen LogP contribution is 2.36. The normalized spacial score (nSPS) is 16.8. The summed E-state index contributed by atoms with van der Waals surface area (Å²) < 4.78 is 11.2. The maximum Gasteiger partial charge on any atom is 0.188 e. The van der Waals surface area contributed by atoms with Crippen LogP contribution in [0.3, 0.4) is 0 Å². The minimum atomic E-state index is -0.598. The fraction of sp³-hybridized carbons (Fsp3) is 0.250. The number of allylic oxidation sites excluding steroid dienone is 1. The average molecular weight is 323 g/mol. The lowest BCUT2D eigenvalue weighted by atomic mass is 10.0. The molecule has 0 saturated carbocycles. The topological polar surface area (TPSA) is 47.6 Å². The van der Waals surface area contributed by atoms with Crippen molar-refractivity contribution in [3.05, 3.63) is 65.2 Å². The molecule has 0 atom stereocenters. The summed E-state index contributed by atoms with van der Waals surface area (Å²) in [4.78, 5) is 12.7. The first kappa shape index (κ1) is 16.1. The molecule has 3 rings (SSSR count). The van der Waals surface area contributed by atoms with Crippen LogP contribution in [-0.2, 0) is 0 Å². The van der Waals surface area contributed by atoms with Crippen LogP contribution in [0.2, 0.25) is 0 Å². The van der Waals surface area contributed by atoms with E-state index in [0.717, 1.165) is 22.6 Å². The Morgan fingerprint density at radius 1 is 1.21 bits per heavy atom. The molecule has 1 aliphatic heterocycles. The van der Waals surface area contributed by atoms with E-state index >= 15 is 0 Å². The van der Waals surface area contributed by atoms with Gasteiger partial charge in [0.2, 0.25) is 0 Å². The Hall–Kier alpha value is -2.75. The fourth-order valence-electron chi connectivity index (χ4n) is 2.80. The molecule has 0 amide bonds. The first-order chi connectivity index (χ1) is 11.4. The number of ketones is 1. The molecule has 1 heterocycles. The lowest BCUT2D eigenvalue weighted by Gasteiger charge is -2.36. The molecule has 0 radical (unpaired) electrons. The van der Waals surface area contributed by atoms with Crippen molar-refractivity contribution in [3.63, 3.8) is 0 Å². The lowest BCUT2D eigenvalue weighted by Crippen LogP contribution is -2.46. The summed E-state index contributed by atoms with van der Waals surface area (Å²) in [5, 5.41) is 3.28. The molecule has 2 aromatic carbocycles. The molecule has 0 aromatic heterocycles. The highest BCUT2D eigenvalue weighted by molar-refractivity contribution is 6.09. The third kappa shape index (κ3) is 3.13. The molecule has 4 heteroatoms. The van der Waals surface area contributed by atoms with Crippen molar-refractivity contribution >= 4 is 11.5 Å². The zero-order chi connectivity index (χ0) is 17.3. The number of benzene rings is 2. The van der Waals surface area contributed by atoms with Crippen molar-refractivity contribution in [2.75, 3.05) is 7.11 Å². The summed E-state index contributed by atoms with van der Waals surface area (Å²) >= 11 is 0. The van der Waals surface area contributed by atoms with Crippen LogP contribution in [0.5, 0.6) is 11.5 Å². The Labute approximate surface area is 142 Å². The Morgan fingerprint density at radius 3 is 2.67 bits per heavy atom. The van der Waals surface area contributed by atoms with Crippen molar-refractivity contribution in [3.8, 4) is 11.5 Å². The predicted molar refractivity (Wildman–Crippen MR) is 94.3 cm³/mol. The van der Waals surface area contributed by atoms with Gasteiger partial charge in [0.15, 0.2) is 11.5 Å². The number of fused-ring (bicyclic) bond motifs is 1. The van der Waals surface area contributed by atoms with Crippen LogP contribution in [0, 0.1) is 6.92 Å². The second-order valence-electron chi connectivity index (χ2n) is 6.34. The molecule has 4 nitrogen and oxygen atoms in total. The second kappa shape index (κ2) is 6.04. The molecule has 0 fully saturated rings. The van der Waals surface area contributed by atoms with Crippen LogP contribution in [0.25, 0.3) is 5.70 Å². The van der Waals surface area contributed by atoms with Crippen LogP contribution in [0.15, 0.2) is 48.5 Å². The summed E-state index contributed by atoms with van der Waals surface area (Å²) in [7, 11) is 1.62. The van der Waals surface area contributed by atoms with Gasteiger partial charge in [-0.2, -0.15) is 0 Å².